The van der Waals surface area contributed by atoms with Gasteiger partial charge < -0.3 is 15.3 Å². The molecule has 1 unspecified atom stereocenters. The highest BCUT2D eigenvalue weighted by Crippen LogP contribution is 2.30. The van der Waals surface area contributed by atoms with Crippen LogP contribution in [-0.4, -0.2) is 29.3 Å². The number of hydrogen-bond donors (Lipinski definition) is 2. The maximum atomic E-state index is 14.1. The molecular weight excluding hydrogens is 255 g/mol. The molecule has 0 radical (unpaired) electrons. The van der Waals surface area contributed by atoms with Crippen LogP contribution in [0.5, 0.6) is 0 Å². The van der Waals surface area contributed by atoms with Crippen molar-refractivity contribution in [2.75, 3.05) is 18.0 Å². The maximum absolute atomic E-state index is 14.1. The molecule has 112 valence electrons. The molecule has 20 heavy (non-hydrogen) atoms. The predicted octanol–water partition coefficient (Wildman–Crippen LogP) is 2.67. The SMILES string of the molecule is CC1(O)CCN(c2cccc(F)c2CNC(C)(C)C)C1. The van der Waals surface area contributed by atoms with E-state index in [0.29, 0.717) is 18.7 Å². The van der Waals surface area contributed by atoms with E-state index >= 15 is 0 Å². The highest BCUT2D eigenvalue weighted by atomic mass is 19.1. The quantitative estimate of drug-likeness (QED) is 0.893. The van der Waals surface area contributed by atoms with Crippen LogP contribution in [0.1, 0.15) is 39.7 Å². The fraction of sp³-hybridized carbons (Fsp3) is 0.625. The third-order valence-electron chi connectivity index (χ3n) is 3.68. The fourth-order valence-corrected chi connectivity index (χ4v) is 2.52. The van der Waals surface area contributed by atoms with Crippen molar-refractivity contribution < 1.29 is 9.50 Å². The van der Waals surface area contributed by atoms with Gasteiger partial charge in [0, 0.05) is 36.4 Å². The van der Waals surface area contributed by atoms with Crippen LogP contribution in [0.15, 0.2) is 18.2 Å². The van der Waals surface area contributed by atoms with Gasteiger partial charge in [0.25, 0.3) is 0 Å². The molecule has 1 saturated heterocycles. The monoisotopic (exact) mass is 280 g/mol. The molecule has 1 aliphatic heterocycles. The van der Waals surface area contributed by atoms with Crippen LogP contribution in [0.4, 0.5) is 10.1 Å². The second-order valence-corrected chi connectivity index (χ2v) is 7.01. The van der Waals surface area contributed by atoms with Crippen molar-refractivity contribution in [2.24, 2.45) is 0 Å². The lowest BCUT2D eigenvalue weighted by Gasteiger charge is -2.26. The van der Waals surface area contributed by atoms with Gasteiger partial charge >= 0.3 is 0 Å². The van der Waals surface area contributed by atoms with Crippen LogP contribution in [0.2, 0.25) is 0 Å². The first-order valence-corrected chi connectivity index (χ1v) is 7.18. The Morgan fingerprint density at radius 3 is 2.65 bits per heavy atom. The summed E-state index contributed by atoms with van der Waals surface area (Å²) in [5, 5.41) is 13.4. The van der Waals surface area contributed by atoms with E-state index in [1.165, 1.54) is 6.07 Å². The lowest BCUT2D eigenvalue weighted by Crippen LogP contribution is -2.36. The summed E-state index contributed by atoms with van der Waals surface area (Å²) in [5.41, 5.74) is 0.830. The van der Waals surface area contributed by atoms with E-state index in [-0.39, 0.29) is 11.4 Å². The normalized spacial score (nSPS) is 23.4. The molecule has 4 heteroatoms. The fourth-order valence-electron chi connectivity index (χ4n) is 2.52. The van der Waals surface area contributed by atoms with Crippen molar-refractivity contribution in [3.05, 3.63) is 29.6 Å². The third-order valence-corrected chi connectivity index (χ3v) is 3.68. The summed E-state index contributed by atoms with van der Waals surface area (Å²) in [6.07, 6.45) is 0.718. The minimum atomic E-state index is -0.680. The Hall–Kier alpha value is -1.13. The first-order chi connectivity index (χ1) is 9.18. The van der Waals surface area contributed by atoms with Gasteiger partial charge in [-0.05, 0) is 46.2 Å². The second kappa shape index (κ2) is 5.34. The molecule has 0 amide bonds. The summed E-state index contributed by atoms with van der Waals surface area (Å²) in [6.45, 7) is 9.83. The largest absolute Gasteiger partial charge is 0.388 e. The highest BCUT2D eigenvalue weighted by Gasteiger charge is 2.32. The Morgan fingerprint density at radius 2 is 2.10 bits per heavy atom. The van der Waals surface area contributed by atoms with E-state index in [9.17, 15) is 9.50 Å². The number of rotatable bonds is 3. The highest BCUT2D eigenvalue weighted by molar-refractivity contribution is 5.55. The van der Waals surface area contributed by atoms with Gasteiger partial charge in [0.05, 0.1) is 5.60 Å². The van der Waals surface area contributed by atoms with E-state index in [0.717, 1.165) is 18.7 Å². The summed E-state index contributed by atoms with van der Waals surface area (Å²) >= 11 is 0. The van der Waals surface area contributed by atoms with Gasteiger partial charge in [-0.25, -0.2) is 4.39 Å². The summed E-state index contributed by atoms with van der Waals surface area (Å²) in [7, 11) is 0. The average Bonchev–Trinajstić information content (AvgIpc) is 2.66. The zero-order chi connectivity index (χ0) is 15.0. The molecule has 0 saturated carbocycles. The maximum Gasteiger partial charge on any atom is 0.129 e. The van der Waals surface area contributed by atoms with E-state index in [1.54, 1.807) is 6.07 Å². The summed E-state index contributed by atoms with van der Waals surface area (Å²) in [5.74, 6) is -0.189. The Bertz CT molecular complexity index is 480. The van der Waals surface area contributed by atoms with E-state index < -0.39 is 5.60 Å². The van der Waals surface area contributed by atoms with E-state index in [2.05, 4.69) is 31.0 Å². The summed E-state index contributed by atoms with van der Waals surface area (Å²) < 4.78 is 14.1. The first-order valence-electron chi connectivity index (χ1n) is 7.18. The zero-order valence-corrected chi connectivity index (χ0v) is 12.8. The number of anilines is 1. The van der Waals surface area contributed by atoms with Crippen molar-refractivity contribution in [1.29, 1.82) is 0 Å². The molecule has 1 fully saturated rings. The van der Waals surface area contributed by atoms with Crippen molar-refractivity contribution >= 4 is 5.69 Å². The molecule has 0 bridgehead atoms. The molecule has 0 aliphatic carbocycles. The lowest BCUT2D eigenvalue weighted by atomic mass is 10.1. The van der Waals surface area contributed by atoms with Gasteiger partial charge in [-0.1, -0.05) is 6.07 Å². The van der Waals surface area contributed by atoms with Crippen LogP contribution in [0.25, 0.3) is 0 Å². The van der Waals surface area contributed by atoms with Crippen molar-refractivity contribution in [2.45, 2.75) is 51.8 Å². The molecule has 1 atom stereocenters. The molecule has 1 aliphatic rings. The second-order valence-electron chi connectivity index (χ2n) is 7.01. The third kappa shape index (κ3) is 3.70. The minimum Gasteiger partial charge on any atom is -0.388 e. The zero-order valence-electron chi connectivity index (χ0n) is 12.8. The molecule has 1 heterocycles. The number of aliphatic hydroxyl groups is 1. The van der Waals surface area contributed by atoms with Crippen LogP contribution in [-0.2, 0) is 6.54 Å². The van der Waals surface area contributed by atoms with Crippen molar-refractivity contribution in [3.63, 3.8) is 0 Å². The van der Waals surface area contributed by atoms with Crippen LogP contribution < -0.4 is 10.2 Å². The molecule has 1 aromatic rings. The van der Waals surface area contributed by atoms with E-state index in [1.807, 2.05) is 13.0 Å². The number of hydrogen-bond acceptors (Lipinski definition) is 3. The summed E-state index contributed by atoms with van der Waals surface area (Å²) in [4.78, 5) is 2.07. The van der Waals surface area contributed by atoms with Gasteiger partial charge in [0.15, 0.2) is 0 Å². The lowest BCUT2D eigenvalue weighted by molar-refractivity contribution is 0.0839. The number of halogens is 1. The Balaban J connectivity index is 2.23. The van der Waals surface area contributed by atoms with E-state index in [4.69, 9.17) is 0 Å². The predicted molar refractivity (Wildman–Crippen MR) is 80.4 cm³/mol. The Labute approximate surface area is 120 Å². The van der Waals surface area contributed by atoms with Crippen LogP contribution in [0.3, 0.4) is 0 Å². The van der Waals surface area contributed by atoms with Gasteiger partial charge in [0.2, 0.25) is 0 Å². The van der Waals surface area contributed by atoms with Gasteiger partial charge in [-0.3, -0.25) is 0 Å². The van der Waals surface area contributed by atoms with Crippen molar-refractivity contribution in [3.8, 4) is 0 Å². The Morgan fingerprint density at radius 1 is 1.40 bits per heavy atom. The number of nitrogens with one attached hydrogen (secondary N) is 1. The van der Waals surface area contributed by atoms with Crippen molar-refractivity contribution in [1.82, 2.24) is 5.32 Å². The van der Waals surface area contributed by atoms with Gasteiger partial charge in [0.1, 0.15) is 5.82 Å². The molecule has 1 aromatic carbocycles. The Kier molecular flexibility index (Phi) is 4.07. The molecule has 3 nitrogen and oxygen atoms in total. The van der Waals surface area contributed by atoms with Gasteiger partial charge in [-0.15, -0.1) is 0 Å². The van der Waals surface area contributed by atoms with Crippen LogP contribution >= 0.6 is 0 Å². The minimum absolute atomic E-state index is 0.0595. The number of β-amino-alcohol motifs (C(OH)–C–C–N with tert-alkyl or cyclic N) is 1. The van der Waals surface area contributed by atoms with Crippen LogP contribution in [0, 0.1) is 5.82 Å². The number of nitrogens with zero attached hydrogens (tertiary/aromatic N) is 1. The summed E-state index contributed by atoms with van der Waals surface area (Å²) in [6, 6.07) is 5.17. The first kappa shape index (κ1) is 15.3. The molecule has 0 aromatic heterocycles. The smallest absolute Gasteiger partial charge is 0.129 e. The van der Waals surface area contributed by atoms with Gasteiger partial charge in [-0.2, -0.15) is 0 Å². The average molecular weight is 280 g/mol. The topological polar surface area (TPSA) is 35.5 Å². The molecule has 2 rings (SSSR count). The number of benzene rings is 1. The molecule has 2 N–H and O–H groups in total. The standard InChI is InChI=1S/C16H25FN2O/c1-15(2,3)18-10-12-13(17)6-5-7-14(12)19-9-8-16(4,20)11-19/h5-7,18,20H,8-11H2,1-4H3. The molecular formula is C16H25FN2O. The molecule has 0 spiro atoms.